The van der Waals surface area contributed by atoms with Crippen LogP contribution in [0.4, 0.5) is 0 Å². The number of fused-ring (bicyclic) bond motifs is 1. The van der Waals surface area contributed by atoms with Gasteiger partial charge < -0.3 is 14.4 Å². The molecule has 0 fully saturated rings. The fraction of sp³-hybridized carbons (Fsp3) is 0.364. The first-order valence-electron chi connectivity index (χ1n) is 9.02. The van der Waals surface area contributed by atoms with Gasteiger partial charge in [0, 0.05) is 6.54 Å². The Kier molecular flexibility index (Phi) is 5.49. The van der Waals surface area contributed by atoms with E-state index >= 15 is 0 Å². The van der Waals surface area contributed by atoms with Gasteiger partial charge in [0.1, 0.15) is 5.75 Å². The number of carbonyl (C=O) groups is 2. The minimum absolute atomic E-state index is 0.0252. The summed E-state index contributed by atoms with van der Waals surface area (Å²) in [5.74, 6) is 0.476. The second kappa shape index (κ2) is 7.82. The van der Waals surface area contributed by atoms with Gasteiger partial charge in [-0.05, 0) is 48.2 Å². The van der Waals surface area contributed by atoms with E-state index in [2.05, 4.69) is 12.1 Å². The van der Waals surface area contributed by atoms with Gasteiger partial charge in [0.15, 0.2) is 0 Å². The molecule has 1 aliphatic heterocycles. The molecule has 1 aliphatic rings. The van der Waals surface area contributed by atoms with Gasteiger partial charge >= 0.3 is 5.97 Å². The zero-order valence-corrected chi connectivity index (χ0v) is 16.2. The first-order valence-corrected chi connectivity index (χ1v) is 9.02. The number of hydrogen-bond donors (Lipinski definition) is 0. The Morgan fingerprint density at radius 2 is 1.85 bits per heavy atom. The maximum Gasteiger partial charge on any atom is 0.307 e. The third kappa shape index (κ3) is 3.97. The molecule has 5 heteroatoms. The summed E-state index contributed by atoms with van der Waals surface area (Å²) >= 11 is 0. The fourth-order valence-corrected chi connectivity index (χ4v) is 3.86. The van der Waals surface area contributed by atoms with Crippen molar-refractivity contribution >= 4 is 11.9 Å². The van der Waals surface area contributed by atoms with Gasteiger partial charge in [0.25, 0.3) is 0 Å². The smallest absolute Gasteiger partial charge is 0.307 e. The van der Waals surface area contributed by atoms with Crippen molar-refractivity contribution in [2.24, 2.45) is 0 Å². The maximum atomic E-state index is 12.9. The Hall–Kier alpha value is -2.82. The molecule has 0 N–H and O–H groups in total. The molecule has 0 aliphatic carbocycles. The van der Waals surface area contributed by atoms with Crippen molar-refractivity contribution in [3.63, 3.8) is 0 Å². The molecule has 27 heavy (non-hydrogen) atoms. The van der Waals surface area contributed by atoms with E-state index in [9.17, 15) is 9.59 Å². The number of methoxy groups -OCH3 is 2. The van der Waals surface area contributed by atoms with Gasteiger partial charge in [-0.3, -0.25) is 9.59 Å². The van der Waals surface area contributed by atoms with E-state index in [0.29, 0.717) is 13.0 Å². The van der Waals surface area contributed by atoms with Crippen LogP contribution >= 0.6 is 0 Å². The van der Waals surface area contributed by atoms with Crippen molar-refractivity contribution in [2.75, 3.05) is 14.2 Å². The maximum absolute atomic E-state index is 12.9. The van der Waals surface area contributed by atoms with E-state index < -0.39 is 0 Å². The predicted octanol–water partition coefficient (Wildman–Crippen LogP) is 3.50. The van der Waals surface area contributed by atoms with Gasteiger partial charge in [-0.15, -0.1) is 0 Å². The van der Waals surface area contributed by atoms with Crippen LogP contribution in [0.1, 0.15) is 40.3 Å². The lowest BCUT2D eigenvalue weighted by Crippen LogP contribution is -2.41. The Labute approximate surface area is 159 Å². The number of amides is 1. The van der Waals surface area contributed by atoms with Crippen LogP contribution < -0.4 is 4.74 Å². The first-order chi connectivity index (χ1) is 12.9. The molecular formula is C22H25NO4. The largest absolute Gasteiger partial charge is 0.497 e. The number of benzene rings is 2. The quantitative estimate of drug-likeness (QED) is 0.759. The van der Waals surface area contributed by atoms with Crippen LogP contribution in [0, 0.1) is 13.8 Å². The lowest BCUT2D eigenvalue weighted by Gasteiger charge is -2.38. The highest BCUT2D eigenvalue weighted by Crippen LogP contribution is 2.37. The highest BCUT2D eigenvalue weighted by atomic mass is 16.5. The molecule has 1 amide bonds. The second-order valence-electron chi connectivity index (χ2n) is 7.00. The number of aryl methyl sites for hydroxylation is 2. The third-order valence-electron chi connectivity index (χ3n) is 5.09. The Morgan fingerprint density at radius 1 is 1.15 bits per heavy atom. The highest BCUT2D eigenvalue weighted by Gasteiger charge is 2.35. The van der Waals surface area contributed by atoms with E-state index in [1.807, 2.05) is 38.1 Å². The number of hydrogen-bond acceptors (Lipinski definition) is 4. The highest BCUT2D eigenvalue weighted by molar-refractivity contribution is 5.83. The Morgan fingerprint density at radius 3 is 2.48 bits per heavy atom. The first kappa shape index (κ1) is 19.0. The molecular weight excluding hydrogens is 342 g/mol. The van der Waals surface area contributed by atoms with Gasteiger partial charge in [0.05, 0.1) is 33.1 Å². The number of carbonyl (C=O) groups excluding carboxylic acids is 2. The predicted molar refractivity (Wildman–Crippen MR) is 103 cm³/mol. The van der Waals surface area contributed by atoms with Crippen molar-refractivity contribution in [1.29, 1.82) is 0 Å². The number of ether oxygens (including phenoxy) is 2. The summed E-state index contributed by atoms with van der Waals surface area (Å²) in [4.78, 5) is 26.8. The lowest BCUT2D eigenvalue weighted by molar-refractivity contribution is -0.144. The molecule has 0 saturated carbocycles. The van der Waals surface area contributed by atoms with Crippen molar-refractivity contribution in [1.82, 2.24) is 4.90 Å². The van der Waals surface area contributed by atoms with Gasteiger partial charge in [0.2, 0.25) is 5.91 Å². The van der Waals surface area contributed by atoms with Crippen LogP contribution in [0.25, 0.3) is 0 Å². The van der Waals surface area contributed by atoms with E-state index in [1.54, 1.807) is 12.0 Å². The molecule has 0 spiro atoms. The van der Waals surface area contributed by atoms with Gasteiger partial charge in [-0.25, -0.2) is 0 Å². The van der Waals surface area contributed by atoms with Crippen LogP contribution in [0.3, 0.4) is 0 Å². The second-order valence-corrected chi connectivity index (χ2v) is 7.00. The van der Waals surface area contributed by atoms with Crippen molar-refractivity contribution in [2.45, 2.75) is 39.3 Å². The molecule has 0 saturated heterocycles. The summed E-state index contributed by atoms with van der Waals surface area (Å²) in [6, 6.07) is 11.5. The van der Waals surface area contributed by atoms with Crippen LogP contribution in [0.5, 0.6) is 5.75 Å². The number of rotatable bonds is 5. The zero-order chi connectivity index (χ0) is 19.6. The van der Waals surface area contributed by atoms with Crippen molar-refractivity contribution in [3.8, 4) is 5.75 Å². The minimum Gasteiger partial charge on any atom is -0.497 e. The van der Waals surface area contributed by atoms with Crippen LogP contribution in [-0.2, 0) is 27.3 Å². The minimum atomic E-state index is -0.323. The third-order valence-corrected chi connectivity index (χ3v) is 5.09. The topological polar surface area (TPSA) is 55.8 Å². The summed E-state index contributed by atoms with van der Waals surface area (Å²) in [5.41, 5.74) is 5.30. The fourth-order valence-electron chi connectivity index (χ4n) is 3.86. The molecule has 0 bridgehead atoms. The normalized spacial score (nSPS) is 16.1. The average Bonchev–Trinajstić information content (AvgIpc) is 2.64. The van der Waals surface area contributed by atoms with E-state index in [1.165, 1.54) is 7.11 Å². The molecule has 5 nitrogen and oxygen atoms in total. The lowest BCUT2D eigenvalue weighted by atomic mass is 9.85. The average molecular weight is 367 g/mol. The number of nitrogens with zero attached hydrogens (tertiary/aromatic N) is 1. The summed E-state index contributed by atoms with van der Waals surface area (Å²) in [5, 5.41) is 0. The summed E-state index contributed by atoms with van der Waals surface area (Å²) in [6.45, 7) is 4.51. The van der Waals surface area contributed by atoms with Crippen LogP contribution in [0.15, 0.2) is 36.4 Å². The van der Waals surface area contributed by atoms with E-state index in [-0.39, 0.29) is 24.3 Å². The van der Waals surface area contributed by atoms with Gasteiger partial charge in [-0.2, -0.15) is 0 Å². The molecule has 2 aromatic rings. The van der Waals surface area contributed by atoms with E-state index in [4.69, 9.17) is 9.47 Å². The Balaban J connectivity index is 1.99. The SMILES string of the molecule is COC(=O)CC1c2c(C)cc(C)cc2CC(=O)N1Cc1ccc(OC)cc1. The molecule has 1 atom stereocenters. The monoisotopic (exact) mass is 367 g/mol. The molecule has 2 aromatic carbocycles. The molecule has 1 heterocycles. The Bertz CT molecular complexity index is 857. The van der Waals surface area contributed by atoms with Crippen molar-refractivity contribution < 1.29 is 19.1 Å². The van der Waals surface area contributed by atoms with Crippen LogP contribution in [-0.4, -0.2) is 31.0 Å². The number of esters is 1. The zero-order valence-electron chi connectivity index (χ0n) is 16.2. The molecule has 142 valence electrons. The molecule has 0 radical (unpaired) electrons. The summed E-state index contributed by atoms with van der Waals surface area (Å²) in [7, 11) is 3.00. The molecule has 3 rings (SSSR count). The van der Waals surface area contributed by atoms with Gasteiger partial charge in [-0.1, -0.05) is 29.8 Å². The molecule has 0 aromatic heterocycles. The summed E-state index contributed by atoms with van der Waals surface area (Å²) in [6.07, 6.45) is 0.501. The van der Waals surface area contributed by atoms with Crippen molar-refractivity contribution in [3.05, 3.63) is 64.2 Å². The van der Waals surface area contributed by atoms with Crippen LogP contribution in [0.2, 0.25) is 0 Å². The molecule has 1 unspecified atom stereocenters. The summed E-state index contributed by atoms with van der Waals surface area (Å²) < 4.78 is 10.1. The standard InChI is InChI=1S/C22H25NO4/c1-14-9-15(2)22-17(10-14)11-20(24)23(19(22)12-21(25)27-4)13-16-5-7-18(26-3)8-6-16/h5-10,19H,11-13H2,1-4H3. The van der Waals surface area contributed by atoms with E-state index in [0.717, 1.165) is 33.6 Å².